The first-order valence-electron chi connectivity index (χ1n) is 5.21. The van der Waals surface area contributed by atoms with E-state index in [1.165, 1.54) is 6.92 Å². The van der Waals surface area contributed by atoms with Crippen molar-refractivity contribution in [3.63, 3.8) is 0 Å². The lowest BCUT2D eigenvalue weighted by Gasteiger charge is -2.44. The molecule has 0 aromatic carbocycles. The van der Waals surface area contributed by atoms with Crippen LogP contribution in [0.4, 0.5) is 0 Å². The van der Waals surface area contributed by atoms with Crippen molar-refractivity contribution in [3.05, 3.63) is 0 Å². The van der Waals surface area contributed by atoms with Gasteiger partial charge in [-0.05, 0) is 7.05 Å². The Morgan fingerprint density at radius 2 is 1.93 bits per heavy atom. The molecule has 1 aliphatic heterocycles. The molecule has 15 heavy (non-hydrogen) atoms. The molecule has 0 aromatic heterocycles. The minimum atomic E-state index is -0.946. The molecule has 1 aliphatic rings. The number of ether oxygens (including phenoxy) is 1. The second-order valence-electron chi connectivity index (χ2n) is 4.52. The SMILES string of the molecule is CC(=O)OC1(C#N)C(C)CN(C)CC1C. The first kappa shape index (κ1) is 12.0. The van der Waals surface area contributed by atoms with Crippen LogP contribution in [-0.4, -0.2) is 36.6 Å². The summed E-state index contributed by atoms with van der Waals surface area (Å²) in [5, 5.41) is 9.27. The Labute approximate surface area is 90.8 Å². The van der Waals surface area contributed by atoms with Gasteiger partial charge in [-0.15, -0.1) is 0 Å². The van der Waals surface area contributed by atoms with E-state index in [1.54, 1.807) is 0 Å². The highest BCUT2D eigenvalue weighted by Crippen LogP contribution is 2.35. The predicted octanol–water partition coefficient (Wildman–Crippen LogP) is 1.03. The van der Waals surface area contributed by atoms with Gasteiger partial charge in [-0.25, -0.2) is 0 Å². The largest absolute Gasteiger partial charge is 0.443 e. The monoisotopic (exact) mass is 210 g/mol. The maximum Gasteiger partial charge on any atom is 0.304 e. The predicted molar refractivity (Wildman–Crippen MR) is 55.9 cm³/mol. The maximum absolute atomic E-state index is 11.1. The fraction of sp³-hybridized carbons (Fsp3) is 0.818. The number of hydrogen-bond acceptors (Lipinski definition) is 4. The third-order valence-electron chi connectivity index (χ3n) is 3.12. The summed E-state index contributed by atoms with van der Waals surface area (Å²) in [5.74, 6) is -0.292. The smallest absolute Gasteiger partial charge is 0.304 e. The molecule has 0 saturated carbocycles. The van der Waals surface area contributed by atoms with Crippen molar-refractivity contribution in [2.75, 3.05) is 20.1 Å². The fourth-order valence-corrected chi connectivity index (χ4v) is 2.45. The van der Waals surface area contributed by atoms with Gasteiger partial charge >= 0.3 is 5.97 Å². The van der Waals surface area contributed by atoms with Gasteiger partial charge in [0.25, 0.3) is 0 Å². The number of likely N-dealkylation sites (tertiary alicyclic amines) is 1. The van der Waals surface area contributed by atoms with Crippen molar-refractivity contribution in [3.8, 4) is 6.07 Å². The first-order chi connectivity index (χ1) is 6.92. The van der Waals surface area contributed by atoms with Gasteiger partial charge in [0, 0.05) is 31.8 Å². The van der Waals surface area contributed by atoms with Crippen LogP contribution in [0.3, 0.4) is 0 Å². The van der Waals surface area contributed by atoms with Crippen LogP contribution in [0.15, 0.2) is 0 Å². The van der Waals surface area contributed by atoms with Gasteiger partial charge in [0.2, 0.25) is 5.60 Å². The van der Waals surface area contributed by atoms with Crippen LogP contribution in [0.5, 0.6) is 0 Å². The Hall–Kier alpha value is -1.08. The summed E-state index contributed by atoms with van der Waals surface area (Å²) < 4.78 is 5.27. The van der Waals surface area contributed by atoms with E-state index < -0.39 is 5.60 Å². The molecule has 0 radical (unpaired) electrons. The van der Waals surface area contributed by atoms with Gasteiger partial charge in [0.1, 0.15) is 6.07 Å². The second kappa shape index (κ2) is 4.19. The van der Waals surface area contributed by atoms with E-state index in [1.807, 2.05) is 20.9 Å². The molecular formula is C11H18N2O2. The summed E-state index contributed by atoms with van der Waals surface area (Å²) in [6, 6.07) is 2.20. The highest BCUT2D eigenvalue weighted by molar-refractivity contribution is 5.67. The molecule has 4 heteroatoms. The zero-order valence-electron chi connectivity index (χ0n) is 9.78. The van der Waals surface area contributed by atoms with Crippen molar-refractivity contribution >= 4 is 5.97 Å². The molecule has 0 N–H and O–H groups in total. The number of carbonyl (C=O) groups excluding carboxylic acids is 1. The summed E-state index contributed by atoms with van der Waals surface area (Å²) in [6.07, 6.45) is 0. The Morgan fingerprint density at radius 3 is 2.27 bits per heavy atom. The molecule has 1 rings (SSSR count). The van der Waals surface area contributed by atoms with Crippen molar-refractivity contribution in [2.45, 2.75) is 26.4 Å². The lowest BCUT2D eigenvalue weighted by Crippen LogP contribution is -2.56. The van der Waals surface area contributed by atoms with E-state index in [4.69, 9.17) is 4.74 Å². The Kier molecular flexibility index (Phi) is 3.35. The van der Waals surface area contributed by atoms with Crippen molar-refractivity contribution in [1.82, 2.24) is 4.90 Å². The van der Waals surface area contributed by atoms with Crippen LogP contribution in [-0.2, 0) is 9.53 Å². The summed E-state index contributed by atoms with van der Waals surface area (Å²) in [6.45, 7) is 6.84. The highest BCUT2D eigenvalue weighted by Gasteiger charge is 2.48. The van der Waals surface area contributed by atoms with Crippen molar-refractivity contribution < 1.29 is 9.53 Å². The number of nitrogens with zero attached hydrogens (tertiary/aromatic N) is 2. The van der Waals surface area contributed by atoms with E-state index in [9.17, 15) is 10.1 Å². The van der Waals surface area contributed by atoms with E-state index in [0.717, 1.165) is 13.1 Å². The summed E-state index contributed by atoms with van der Waals surface area (Å²) in [5.41, 5.74) is -0.946. The lowest BCUT2D eigenvalue weighted by molar-refractivity contribution is -0.167. The maximum atomic E-state index is 11.1. The molecule has 0 amide bonds. The third-order valence-corrected chi connectivity index (χ3v) is 3.12. The molecule has 0 aromatic rings. The summed E-state index contributed by atoms with van der Waals surface area (Å²) >= 11 is 0. The molecule has 1 fully saturated rings. The number of carbonyl (C=O) groups is 1. The standard InChI is InChI=1S/C11H18N2O2/c1-8-5-13(4)6-9(2)11(8,7-12)15-10(3)14/h8-9H,5-6H2,1-4H3. The van der Waals surface area contributed by atoms with Crippen LogP contribution in [0.1, 0.15) is 20.8 Å². The van der Waals surface area contributed by atoms with Gasteiger partial charge in [-0.2, -0.15) is 5.26 Å². The van der Waals surface area contributed by atoms with E-state index in [0.29, 0.717) is 0 Å². The Morgan fingerprint density at radius 1 is 1.47 bits per heavy atom. The minimum absolute atomic E-state index is 0.0418. The topological polar surface area (TPSA) is 53.3 Å². The zero-order chi connectivity index (χ0) is 11.6. The zero-order valence-corrected chi connectivity index (χ0v) is 9.78. The van der Waals surface area contributed by atoms with Gasteiger partial charge in [-0.1, -0.05) is 13.8 Å². The summed E-state index contributed by atoms with van der Waals surface area (Å²) in [4.78, 5) is 13.2. The van der Waals surface area contributed by atoms with Crippen LogP contribution in [0.2, 0.25) is 0 Å². The Bertz CT molecular complexity index is 283. The quantitative estimate of drug-likeness (QED) is 0.606. The molecule has 2 atom stereocenters. The number of esters is 1. The molecule has 1 saturated heterocycles. The lowest BCUT2D eigenvalue weighted by atomic mass is 9.76. The molecule has 0 bridgehead atoms. The van der Waals surface area contributed by atoms with Crippen molar-refractivity contribution in [2.24, 2.45) is 11.8 Å². The third kappa shape index (κ3) is 2.13. The van der Waals surface area contributed by atoms with Crippen LogP contribution >= 0.6 is 0 Å². The van der Waals surface area contributed by atoms with Crippen LogP contribution < -0.4 is 0 Å². The number of rotatable bonds is 1. The number of nitriles is 1. The summed E-state index contributed by atoms with van der Waals surface area (Å²) in [7, 11) is 2.02. The van der Waals surface area contributed by atoms with Crippen LogP contribution in [0.25, 0.3) is 0 Å². The molecule has 0 spiro atoms. The minimum Gasteiger partial charge on any atom is -0.443 e. The van der Waals surface area contributed by atoms with E-state index >= 15 is 0 Å². The normalized spacial score (nSPS) is 37.0. The van der Waals surface area contributed by atoms with Gasteiger partial charge in [0.05, 0.1) is 0 Å². The molecular weight excluding hydrogens is 192 g/mol. The van der Waals surface area contributed by atoms with E-state index in [2.05, 4.69) is 11.0 Å². The molecule has 2 unspecified atom stereocenters. The van der Waals surface area contributed by atoms with Crippen molar-refractivity contribution in [1.29, 1.82) is 5.26 Å². The molecule has 84 valence electrons. The van der Waals surface area contributed by atoms with Gasteiger partial charge < -0.3 is 9.64 Å². The van der Waals surface area contributed by atoms with Crippen LogP contribution in [0, 0.1) is 23.2 Å². The average molecular weight is 210 g/mol. The molecule has 0 aliphatic carbocycles. The average Bonchev–Trinajstić information content (AvgIpc) is 2.11. The van der Waals surface area contributed by atoms with Gasteiger partial charge in [-0.3, -0.25) is 4.79 Å². The number of hydrogen-bond donors (Lipinski definition) is 0. The Balaban J connectivity index is 2.95. The van der Waals surface area contributed by atoms with Gasteiger partial charge in [0.15, 0.2) is 0 Å². The highest BCUT2D eigenvalue weighted by atomic mass is 16.6. The fourth-order valence-electron chi connectivity index (χ4n) is 2.45. The first-order valence-corrected chi connectivity index (χ1v) is 5.21. The van der Waals surface area contributed by atoms with E-state index in [-0.39, 0.29) is 17.8 Å². The second-order valence-corrected chi connectivity index (χ2v) is 4.52. The molecule has 4 nitrogen and oxygen atoms in total. The number of piperidine rings is 1. The molecule has 1 heterocycles.